The van der Waals surface area contributed by atoms with Gasteiger partial charge in [-0.3, -0.25) is 4.79 Å². The maximum Gasteiger partial charge on any atom is 0.193 e. The molecular formula is C20H20O3. The number of carbonyl (C=O) groups excluding carboxylic acids is 1. The van der Waals surface area contributed by atoms with E-state index in [0.29, 0.717) is 5.75 Å². The molecular weight excluding hydrogens is 288 g/mol. The summed E-state index contributed by atoms with van der Waals surface area (Å²) in [5.74, 6) is 0.231. The number of aryl methyl sites for hydroxylation is 1. The molecule has 1 aliphatic rings. The topological polar surface area (TPSA) is 46.5 Å². The van der Waals surface area contributed by atoms with E-state index in [-0.39, 0.29) is 22.7 Å². The highest BCUT2D eigenvalue weighted by molar-refractivity contribution is 6.10. The summed E-state index contributed by atoms with van der Waals surface area (Å²) in [4.78, 5) is 12.6. The summed E-state index contributed by atoms with van der Waals surface area (Å²) in [5, 5.41) is 10.2. The third kappa shape index (κ3) is 3.29. The number of rotatable bonds is 3. The molecule has 0 bridgehead atoms. The summed E-state index contributed by atoms with van der Waals surface area (Å²) in [6.45, 7) is 3.99. The van der Waals surface area contributed by atoms with Crippen LogP contribution in [0.1, 0.15) is 41.8 Å². The number of phenolic OH excluding ortho intramolecular Hbond substituents is 1. The zero-order valence-electron chi connectivity index (χ0n) is 13.4. The quantitative estimate of drug-likeness (QED) is 0.675. The van der Waals surface area contributed by atoms with Gasteiger partial charge in [-0.05, 0) is 50.0 Å². The zero-order chi connectivity index (χ0) is 16.4. The number of phenols is 1. The van der Waals surface area contributed by atoms with Crippen LogP contribution >= 0.6 is 0 Å². The Morgan fingerprint density at radius 2 is 1.91 bits per heavy atom. The van der Waals surface area contributed by atoms with E-state index in [0.717, 1.165) is 24.0 Å². The minimum absolute atomic E-state index is 0.0378. The molecule has 1 aliphatic heterocycles. The lowest BCUT2D eigenvalue weighted by molar-refractivity contribution is 0.0810. The zero-order valence-corrected chi connectivity index (χ0v) is 13.4. The molecule has 1 N–H and O–H groups in total. The lowest BCUT2D eigenvalue weighted by Crippen LogP contribution is -2.33. The number of fused-ring (bicyclic) bond motifs is 1. The fraction of sp³-hybridized carbons (Fsp3) is 0.250. The van der Waals surface area contributed by atoms with Crippen LogP contribution < -0.4 is 4.74 Å². The van der Waals surface area contributed by atoms with Gasteiger partial charge in [0.1, 0.15) is 22.7 Å². The highest BCUT2D eigenvalue weighted by Gasteiger charge is 2.31. The highest BCUT2D eigenvalue weighted by Crippen LogP contribution is 2.40. The maximum absolute atomic E-state index is 12.6. The van der Waals surface area contributed by atoms with Gasteiger partial charge in [-0.2, -0.15) is 0 Å². The molecule has 0 fully saturated rings. The van der Waals surface area contributed by atoms with E-state index in [1.807, 2.05) is 50.2 Å². The Kier molecular flexibility index (Phi) is 3.95. The third-order valence-corrected chi connectivity index (χ3v) is 4.07. The van der Waals surface area contributed by atoms with Gasteiger partial charge in [0.05, 0.1) is 0 Å². The summed E-state index contributed by atoms with van der Waals surface area (Å²) in [5.41, 5.74) is 1.83. The van der Waals surface area contributed by atoms with Crippen molar-refractivity contribution in [2.24, 2.45) is 0 Å². The van der Waals surface area contributed by atoms with E-state index >= 15 is 0 Å². The molecule has 0 unspecified atom stereocenters. The van der Waals surface area contributed by atoms with E-state index in [1.165, 1.54) is 6.08 Å². The number of hydrogen-bond acceptors (Lipinski definition) is 3. The molecule has 3 nitrogen and oxygen atoms in total. The second-order valence-electron chi connectivity index (χ2n) is 6.42. The minimum Gasteiger partial charge on any atom is -0.507 e. The number of hydrogen-bond donors (Lipinski definition) is 1. The predicted octanol–water partition coefficient (Wildman–Crippen LogP) is 4.39. The molecule has 0 atom stereocenters. The molecule has 1 heterocycles. The van der Waals surface area contributed by atoms with E-state index in [2.05, 4.69) is 0 Å². The van der Waals surface area contributed by atoms with E-state index in [4.69, 9.17) is 4.74 Å². The fourth-order valence-electron chi connectivity index (χ4n) is 2.75. The van der Waals surface area contributed by atoms with Crippen molar-refractivity contribution in [3.63, 3.8) is 0 Å². The molecule has 23 heavy (non-hydrogen) atoms. The Balaban J connectivity index is 1.96. The summed E-state index contributed by atoms with van der Waals surface area (Å²) in [6, 6.07) is 13.0. The average Bonchev–Trinajstić information content (AvgIpc) is 2.52. The van der Waals surface area contributed by atoms with Crippen LogP contribution in [-0.2, 0) is 6.42 Å². The van der Waals surface area contributed by atoms with Crippen LogP contribution in [0.25, 0.3) is 6.08 Å². The van der Waals surface area contributed by atoms with Crippen molar-refractivity contribution in [3.05, 3.63) is 65.2 Å². The average molecular weight is 308 g/mol. The van der Waals surface area contributed by atoms with E-state index in [9.17, 15) is 9.90 Å². The Morgan fingerprint density at radius 1 is 1.17 bits per heavy atom. The van der Waals surface area contributed by atoms with Gasteiger partial charge in [-0.25, -0.2) is 0 Å². The first kappa shape index (κ1) is 15.3. The Labute approximate surface area is 136 Å². The van der Waals surface area contributed by atoms with Gasteiger partial charge in [0.2, 0.25) is 0 Å². The molecule has 118 valence electrons. The summed E-state index contributed by atoms with van der Waals surface area (Å²) in [7, 11) is 0. The van der Waals surface area contributed by atoms with Crippen LogP contribution in [0, 0.1) is 0 Å². The monoisotopic (exact) mass is 308 g/mol. The highest BCUT2D eigenvalue weighted by atomic mass is 16.5. The fourth-order valence-corrected chi connectivity index (χ4v) is 2.75. The first-order valence-corrected chi connectivity index (χ1v) is 7.78. The number of ether oxygens (including phenoxy) is 1. The summed E-state index contributed by atoms with van der Waals surface area (Å²) < 4.78 is 5.99. The van der Waals surface area contributed by atoms with Gasteiger partial charge in [0.15, 0.2) is 5.78 Å². The van der Waals surface area contributed by atoms with Gasteiger partial charge in [0.25, 0.3) is 0 Å². The normalized spacial score (nSPS) is 15.9. The summed E-state index contributed by atoms with van der Waals surface area (Å²) in [6.07, 6.45) is 4.95. The molecule has 3 heteroatoms. The molecule has 0 saturated heterocycles. The lowest BCUT2D eigenvalue weighted by Gasteiger charge is -2.33. The molecule has 0 aromatic heterocycles. The smallest absolute Gasteiger partial charge is 0.193 e. The van der Waals surface area contributed by atoms with Gasteiger partial charge < -0.3 is 9.84 Å². The number of benzene rings is 2. The van der Waals surface area contributed by atoms with Gasteiger partial charge >= 0.3 is 0 Å². The van der Waals surface area contributed by atoms with Crippen LogP contribution in [-0.4, -0.2) is 16.5 Å². The largest absolute Gasteiger partial charge is 0.507 e. The number of carbonyl (C=O) groups is 1. The van der Waals surface area contributed by atoms with Crippen molar-refractivity contribution < 1.29 is 14.6 Å². The second-order valence-corrected chi connectivity index (χ2v) is 6.42. The van der Waals surface area contributed by atoms with Crippen LogP contribution in [0.3, 0.4) is 0 Å². The lowest BCUT2D eigenvalue weighted by atomic mass is 9.91. The van der Waals surface area contributed by atoms with Crippen molar-refractivity contribution >= 4 is 11.9 Å². The molecule has 3 rings (SSSR count). The Hall–Kier alpha value is -2.55. The van der Waals surface area contributed by atoms with Gasteiger partial charge in [-0.15, -0.1) is 0 Å². The first-order chi connectivity index (χ1) is 11.0. The standard InChI is InChI=1S/C20H20O3/c1-20(2)13-12-15-9-11-17(22)18(19(15)23-20)16(21)10-8-14-6-4-3-5-7-14/h3-11,22H,12-13H2,1-2H3/b10-8+. The molecule has 0 radical (unpaired) electrons. The molecule has 0 saturated carbocycles. The van der Waals surface area contributed by atoms with Crippen LogP contribution in [0.15, 0.2) is 48.5 Å². The van der Waals surface area contributed by atoms with Crippen LogP contribution in [0.2, 0.25) is 0 Å². The minimum atomic E-state index is -0.334. The van der Waals surface area contributed by atoms with Gasteiger partial charge in [0, 0.05) is 0 Å². The van der Waals surface area contributed by atoms with Crippen molar-refractivity contribution in [2.45, 2.75) is 32.3 Å². The van der Waals surface area contributed by atoms with Crippen molar-refractivity contribution in [1.29, 1.82) is 0 Å². The van der Waals surface area contributed by atoms with E-state index < -0.39 is 0 Å². The van der Waals surface area contributed by atoms with E-state index in [1.54, 1.807) is 12.1 Å². The first-order valence-electron chi connectivity index (χ1n) is 7.78. The summed E-state index contributed by atoms with van der Waals surface area (Å²) >= 11 is 0. The SMILES string of the molecule is CC1(C)CCc2ccc(O)c(C(=O)/C=C/c3ccccc3)c2O1. The van der Waals surface area contributed by atoms with Gasteiger partial charge in [-0.1, -0.05) is 42.5 Å². The van der Waals surface area contributed by atoms with Crippen molar-refractivity contribution in [1.82, 2.24) is 0 Å². The van der Waals surface area contributed by atoms with Crippen molar-refractivity contribution in [2.75, 3.05) is 0 Å². The second kappa shape index (κ2) is 5.92. The molecule has 0 amide bonds. The number of aromatic hydroxyl groups is 1. The Bertz CT molecular complexity index is 758. The van der Waals surface area contributed by atoms with Crippen molar-refractivity contribution in [3.8, 4) is 11.5 Å². The molecule has 0 aliphatic carbocycles. The number of allylic oxidation sites excluding steroid dienone is 1. The molecule has 2 aromatic rings. The predicted molar refractivity (Wildman–Crippen MR) is 90.9 cm³/mol. The molecule has 0 spiro atoms. The third-order valence-electron chi connectivity index (χ3n) is 4.07. The molecule has 2 aromatic carbocycles. The van der Waals surface area contributed by atoms with Crippen LogP contribution in [0.4, 0.5) is 0 Å². The Morgan fingerprint density at radius 3 is 2.65 bits per heavy atom. The number of ketones is 1. The maximum atomic E-state index is 12.6. The van der Waals surface area contributed by atoms with Crippen LogP contribution in [0.5, 0.6) is 11.5 Å².